The lowest BCUT2D eigenvalue weighted by Gasteiger charge is -2.16. The predicted octanol–water partition coefficient (Wildman–Crippen LogP) is 2.61. The molecule has 0 heterocycles. The molecule has 1 amide bonds. The van der Waals surface area contributed by atoms with Crippen LogP contribution in [0.25, 0.3) is 0 Å². The minimum Gasteiger partial charge on any atom is -0.495 e. The second-order valence-corrected chi connectivity index (χ2v) is 11.7. The van der Waals surface area contributed by atoms with Crippen molar-refractivity contribution in [2.75, 3.05) is 12.4 Å². The fourth-order valence-electron chi connectivity index (χ4n) is 3.79. The Labute approximate surface area is 194 Å². The number of benzene rings is 2. The van der Waals surface area contributed by atoms with E-state index in [0.29, 0.717) is 0 Å². The van der Waals surface area contributed by atoms with Crippen molar-refractivity contribution >= 4 is 31.6 Å². The zero-order chi connectivity index (χ0) is 23.6. The number of hydrogen-bond donors (Lipinski definition) is 3. The summed E-state index contributed by atoms with van der Waals surface area (Å²) in [7, 11) is -6.20. The maximum Gasteiger partial charge on any atom is 0.255 e. The molecular weight excluding hydrogens is 466 g/mol. The number of hydrogen-bond acceptors (Lipinski definition) is 6. The van der Waals surface area contributed by atoms with Crippen molar-refractivity contribution in [1.82, 2.24) is 9.44 Å². The van der Waals surface area contributed by atoms with Gasteiger partial charge in [-0.05, 0) is 62.1 Å². The van der Waals surface area contributed by atoms with Crippen LogP contribution in [0.2, 0.25) is 0 Å². The molecule has 2 aliphatic carbocycles. The molecule has 4 rings (SSSR count). The molecule has 9 nitrogen and oxygen atoms in total. The molecule has 2 aromatic carbocycles. The molecule has 3 N–H and O–H groups in total. The van der Waals surface area contributed by atoms with Crippen LogP contribution in [0.4, 0.5) is 5.69 Å². The Balaban J connectivity index is 1.55. The van der Waals surface area contributed by atoms with Crippen molar-refractivity contribution in [2.24, 2.45) is 0 Å². The maximum atomic E-state index is 13.0. The Morgan fingerprint density at radius 3 is 2.21 bits per heavy atom. The van der Waals surface area contributed by atoms with Gasteiger partial charge in [-0.2, -0.15) is 0 Å². The number of ether oxygens (including phenoxy) is 1. The molecule has 0 atom stereocenters. The van der Waals surface area contributed by atoms with E-state index in [1.165, 1.54) is 43.5 Å². The molecule has 0 aromatic heterocycles. The van der Waals surface area contributed by atoms with E-state index in [4.69, 9.17) is 4.74 Å². The molecule has 0 radical (unpaired) electrons. The van der Waals surface area contributed by atoms with E-state index in [1.54, 1.807) is 6.07 Å². The van der Waals surface area contributed by atoms with Crippen LogP contribution >= 0.6 is 0 Å². The van der Waals surface area contributed by atoms with E-state index in [-0.39, 0.29) is 38.9 Å². The smallest absolute Gasteiger partial charge is 0.255 e. The Morgan fingerprint density at radius 1 is 0.879 bits per heavy atom. The van der Waals surface area contributed by atoms with Crippen LogP contribution in [-0.4, -0.2) is 41.9 Å². The molecule has 2 fully saturated rings. The summed E-state index contributed by atoms with van der Waals surface area (Å²) in [5, 5.41) is 2.64. The van der Waals surface area contributed by atoms with Gasteiger partial charge in [-0.25, -0.2) is 26.3 Å². The summed E-state index contributed by atoms with van der Waals surface area (Å²) in [6.07, 6.45) is 5.12. The van der Waals surface area contributed by atoms with Gasteiger partial charge in [0.05, 0.1) is 12.0 Å². The van der Waals surface area contributed by atoms with Gasteiger partial charge in [0.2, 0.25) is 20.0 Å². The van der Waals surface area contributed by atoms with Crippen molar-refractivity contribution in [2.45, 2.75) is 60.4 Å². The van der Waals surface area contributed by atoms with Crippen LogP contribution in [0.5, 0.6) is 5.75 Å². The Morgan fingerprint density at radius 2 is 1.55 bits per heavy atom. The van der Waals surface area contributed by atoms with E-state index in [9.17, 15) is 21.6 Å². The van der Waals surface area contributed by atoms with Crippen LogP contribution in [-0.2, 0) is 20.0 Å². The lowest BCUT2D eigenvalue weighted by molar-refractivity contribution is 0.102. The number of nitrogens with one attached hydrogen (secondary N) is 3. The molecule has 2 aromatic rings. The SMILES string of the molecule is COc1ccc(C(=O)Nc2cccc(S(=O)(=O)NC3CC3)c2)cc1S(=O)(=O)NC1CCCC1. The zero-order valence-electron chi connectivity index (χ0n) is 18.2. The first kappa shape index (κ1) is 23.7. The standard InChI is InChI=1S/C22H27N3O6S2/c1-31-20-12-9-15(13-21(20)33(29,30)25-16-5-2-3-6-16)22(26)23-18-7-4-8-19(14-18)32(27,28)24-17-10-11-17/h4,7-9,12-14,16-17,24-25H,2-3,5-6,10-11H2,1H3,(H,23,26). The highest BCUT2D eigenvalue weighted by Crippen LogP contribution is 2.28. The Kier molecular flexibility index (Phi) is 6.76. The number of anilines is 1. The average Bonchev–Trinajstić information content (AvgIpc) is 3.44. The van der Waals surface area contributed by atoms with Gasteiger partial charge in [-0.1, -0.05) is 18.9 Å². The van der Waals surface area contributed by atoms with Crippen molar-refractivity contribution in [3.05, 3.63) is 48.0 Å². The van der Waals surface area contributed by atoms with Crippen molar-refractivity contribution in [3.63, 3.8) is 0 Å². The highest BCUT2D eigenvalue weighted by Gasteiger charge is 2.29. The van der Waals surface area contributed by atoms with Gasteiger partial charge in [-0.15, -0.1) is 0 Å². The zero-order valence-corrected chi connectivity index (χ0v) is 19.8. The highest BCUT2D eigenvalue weighted by atomic mass is 32.2. The summed E-state index contributed by atoms with van der Waals surface area (Å²) < 4.78 is 61.3. The Bertz CT molecular complexity index is 1250. The van der Waals surface area contributed by atoms with Gasteiger partial charge in [0, 0.05) is 23.3 Å². The second-order valence-electron chi connectivity index (χ2n) is 8.35. The number of rotatable bonds is 9. The molecule has 0 aliphatic heterocycles. The quantitative estimate of drug-likeness (QED) is 0.492. The minimum atomic E-state index is -3.89. The molecule has 11 heteroatoms. The van der Waals surface area contributed by atoms with Crippen LogP contribution in [0.1, 0.15) is 48.9 Å². The molecule has 0 spiro atoms. The van der Waals surface area contributed by atoms with E-state index in [2.05, 4.69) is 14.8 Å². The lowest BCUT2D eigenvalue weighted by Crippen LogP contribution is -2.33. The number of carbonyl (C=O) groups is 1. The number of sulfonamides is 2. The number of carbonyl (C=O) groups excluding carboxylic acids is 1. The van der Waals surface area contributed by atoms with Gasteiger partial charge in [0.25, 0.3) is 5.91 Å². The Hall–Kier alpha value is -2.47. The van der Waals surface area contributed by atoms with Crippen LogP contribution in [0, 0.1) is 0 Å². The number of amides is 1. The van der Waals surface area contributed by atoms with Gasteiger partial charge in [0.1, 0.15) is 10.6 Å². The van der Waals surface area contributed by atoms with E-state index < -0.39 is 26.0 Å². The maximum absolute atomic E-state index is 13.0. The summed E-state index contributed by atoms with van der Waals surface area (Å²) >= 11 is 0. The molecule has 2 aliphatic rings. The summed E-state index contributed by atoms with van der Waals surface area (Å²) in [6, 6.07) is 9.90. The van der Waals surface area contributed by atoms with Crippen LogP contribution in [0.3, 0.4) is 0 Å². The first-order chi connectivity index (χ1) is 15.7. The van der Waals surface area contributed by atoms with Crippen LogP contribution < -0.4 is 19.5 Å². The van der Waals surface area contributed by atoms with Crippen LogP contribution in [0.15, 0.2) is 52.3 Å². The van der Waals surface area contributed by atoms with Crippen molar-refractivity contribution in [3.8, 4) is 5.75 Å². The second kappa shape index (κ2) is 9.41. The van der Waals surface area contributed by atoms with Gasteiger partial charge >= 0.3 is 0 Å². The van der Waals surface area contributed by atoms with Crippen molar-refractivity contribution < 1.29 is 26.4 Å². The van der Waals surface area contributed by atoms with E-state index >= 15 is 0 Å². The molecular formula is C22H27N3O6S2. The molecule has 2 saturated carbocycles. The van der Waals surface area contributed by atoms with Gasteiger partial charge in [0.15, 0.2) is 0 Å². The van der Waals surface area contributed by atoms with E-state index in [0.717, 1.165) is 38.5 Å². The highest BCUT2D eigenvalue weighted by molar-refractivity contribution is 7.89. The first-order valence-corrected chi connectivity index (χ1v) is 13.8. The summed E-state index contributed by atoms with van der Waals surface area (Å²) in [6.45, 7) is 0. The largest absolute Gasteiger partial charge is 0.495 e. The predicted molar refractivity (Wildman–Crippen MR) is 123 cm³/mol. The fraction of sp³-hybridized carbons (Fsp3) is 0.409. The monoisotopic (exact) mass is 493 g/mol. The van der Waals surface area contributed by atoms with E-state index in [1.807, 2.05) is 0 Å². The van der Waals surface area contributed by atoms with Gasteiger partial charge < -0.3 is 10.1 Å². The first-order valence-electron chi connectivity index (χ1n) is 10.8. The molecule has 33 heavy (non-hydrogen) atoms. The third kappa shape index (κ3) is 5.72. The third-order valence-corrected chi connectivity index (χ3v) is 8.75. The molecule has 0 unspecified atom stereocenters. The third-order valence-electron chi connectivity index (χ3n) is 5.69. The summed E-state index contributed by atoms with van der Waals surface area (Å²) in [5.74, 6) is -0.434. The molecule has 0 bridgehead atoms. The topological polar surface area (TPSA) is 131 Å². The minimum absolute atomic E-state index is 0.0363. The van der Waals surface area contributed by atoms with Crippen molar-refractivity contribution in [1.29, 1.82) is 0 Å². The summed E-state index contributed by atoms with van der Waals surface area (Å²) in [5.41, 5.74) is 0.384. The lowest BCUT2D eigenvalue weighted by atomic mass is 10.2. The average molecular weight is 494 g/mol. The molecule has 178 valence electrons. The number of methoxy groups -OCH3 is 1. The fourth-order valence-corrected chi connectivity index (χ4v) is 6.64. The summed E-state index contributed by atoms with van der Waals surface area (Å²) in [4.78, 5) is 12.8. The normalized spacial score (nSPS) is 17.1. The molecule has 0 saturated heterocycles. The van der Waals surface area contributed by atoms with Gasteiger partial charge in [-0.3, -0.25) is 4.79 Å².